The second-order valence-electron chi connectivity index (χ2n) is 2.28. The van der Waals surface area contributed by atoms with Gasteiger partial charge in [-0.3, -0.25) is 9.59 Å². The second kappa shape index (κ2) is 3.08. The zero-order valence-electron chi connectivity index (χ0n) is 6.33. The van der Waals surface area contributed by atoms with Gasteiger partial charge in [-0.25, -0.2) is 0 Å². The summed E-state index contributed by atoms with van der Waals surface area (Å²) < 4.78 is 0. The van der Waals surface area contributed by atoms with E-state index in [4.69, 9.17) is 0 Å². The molecule has 0 saturated heterocycles. The lowest BCUT2D eigenvalue weighted by molar-refractivity contribution is 0.0999. The SMILES string of the molecule is Cc1ccc(C(=O)N=O)c(=O)[nH]1. The van der Waals surface area contributed by atoms with E-state index in [1.807, 2.05) is 0 Å². The Bertz CT molecular complexity index is 380. The molecular weight excluding hydrogens is 160 g/mol. The number of aryl methyl sites for hydroxylation is 1. The fraction of sp³-hybridized carbons (Fsp3) is 0.143. The quantitative estimate of drug-likeness (QED) is 0.620. The van der Waals surface area contributed by atoms with Gasteiger partial charge in [0.2, 0.25) is 0 Å². The molecule has 1 amide bonds. The highest BCUT2D eigenvalue weighted by molar-refractivity contribution is 5.94. The topological polar surface area (TPSA) is 79.4 Å². The van der Waals surface area contributed by atoms with Crippen LogP contribution in [-0.2, 0) is 0 Å². The van der Waals surface area contributed by atoms with Crippen molar-refractivity contribution in [2.24, 2.45) is 5.18 Å². The van der Waals surface area contributed by atoms with Gasteiger partial charge in [0.05, 0.1) is 0 Å². The Kier molecular flexibility index (Phi) is 2.14. The minimum absolute atomic E-state index is 0.226. The molecule has 0 fully saturated rings. The molecule has 0 aliphatic rings. The normalized spacial score (nSPS) is 9.42. The van der Waals surface area contributed by atoms with Crippen molar-refractivity contribution in [3.05, 3.63) is 38.7 Å². The third-order valence-corrected chi connectivity index (χ3v) is 1.37. The van der Waals surface area contributed by atoms with Gasteiger partial charge in [-0.15, -0.1) is 4.91 Å². The molecule has 0 unspecified atom stereocenters. The summed E-state index contributed by atoms with van der Waals surface area (Å²) in [4.78, 5) is 33.8. The van der Waals surface area contributed by atoms with Gasteiger partial charge in [0.25, 0.3) is 5.56 Å². The summed E-state index contributed by atoms with van der Waals surface area (Å²) in [5, 5.41) is 2.14. The Labute approximate surface area is 67.4 Å². The van der Waals surface area contributed by atoms with Crippen LogP contribution in [-0.4, -0.2) is 10.9 Å². The van der Waals surface area contributed by atoms with E-state index in [9.17, 15) is 14.5 Å². The first-order chi connectivity index (χ1) is 5.65. The standard InChI is InChI=1S/C7H6N2O3/c1-4-2-3-5(6(10)8-4)7(11)9-12/h2-3H,1H3,(H,8,10). The number of hydrogen-bond donors (Lipinski definition) is 1. The highest BCUT2D eigenvalue weighted by atomic mass is 16.3. The van der Waals surface area contributed by atoms with E-state index in [1.54, 1.807) is 6.92 Å². The van der Waals surface area contributed by atoms with Crippen LogP contribution in [0.25, 0.3) is 0 Å². The van der Waals surface area contributed by atoms with Crippen molar-refractivity contribution in [3.63, 3.8) is 0 Å². The minimum atomic E-state index is -1.05. The molecule has 1 rings (SSSR count). The van der Waals surface area contributed by atoms with Crippen molar-refractivity contribution >= 4 is 5.91 Å². The molecule has 1 aromatic rings. The number of carbonyl (C=O) groups is 1. The number of aromatic amines is 1. The lowest BCUT2D eigenvalue weighted by Crippen LogP contribution is -2.16. The molecular formula is C7H6N2O3. The largest absolute Gasteiger partial charge is 0.326 e. The molecule has 0 aliphatic carbocycles. The molecule has 1 heterocycles. The predicted octanol–water partition coefficient (Wildman–Crippen LogP) is 0.590. The van der Waals surface area contributed by atoms with E-state index < -0.39 is 11.5 Å². The first kappa shape index (κ1) is 8.32. The highest BCUT2D eigenvalue weighted by Gasteiger charge is 2.09. The Morgan fingerprint density at radius 2 is 2.17 bits per heavy atom. The van der Waals surface area contributed by atoms with E-state index in [0.29, 0.717) is 5.69 Å². The van der Waals surface area contributed by atoms with Crippen molar-refractivity contribution in [2.75, 3.05) is 0 Å². The third-order valence-electron chi connectivity index (χ3n) is 1.37. The zero-order valence-corrected chi connectivity index (χ0v) is 6.33. The van der Waals surface area contributed by atoms with Crippen LogP contribution >= 0.6 is 0 Å². The van der Waals surface area contributed by atoms with Crippen LogP contribution in [0.3, 0.4) is 0 Å². The smallest absolute Gasteiger partial charge is 0.322 e. The summed E-state index contributed by atoms with van der Waals surface area (Å²) in [5.41, 5.74) is -0.183. The molecule has 5 nitrogen and oxygen atoms in total. The molecule has 0 atom stereocenters. The molecule has 0 saturated carbocycles. The Morgan fingerprint density at radius 1 is 1.50 bits per heavy atom. The predicted molar refractivity (Wildman–Crippen MR) is 41.9 cm³/mol. The molecule has 12 heavy (non-hydrogen) atoms. The number of nitroso groups, excluding NO2 is 1. The van der Waals surface area contributed by atoms with Gasteiger partial charge in [0, 0.05) is 10.9 Å². The number of amides is 1. The first-order valence-electron chi connectivity index (χ1n) is 3.23. The second-order valence-corrected chi connectivity index (χ2v) is 2.28. The van der Waals surface area contributed by atoms with Gasteiger partial charge in [0.1, 0.15) is 5.56 Å². The fourth-order valence-corrected chi connectivity index (χ4v) is 0.790. The number of rotatable bonds is 1. The van der Waals surface area contributed by atoms with E-state index in [1.165, 1.54) is 12.1 Å². The van der Waals surface area contributed by atoms with Crippen LogP contribution in [0.15, 0.2) is 22.1 Å². The molecule has 1 aromatic heterocycles. The van der Waals surface area contributed by atoms with Crippen LogP contribution < -0.4 is 5.56 Å². The molecule has 0 aromatic carbocycles. The number of H-pyrrole nitrogens is 1. The summed E-state index contributed by atoms with van der Waals surface area (Å²) in [6, 6.07) is 2.80. The Morgan fingerprint density at radius 3 is 2.67 bits per heavy atom. The number of aromatic nitrogens is 1. The monoisotopic (exact) mass is 166 g/mol. The summed E-state index contributed by atoms with van der Waals surface area (Å²) in [7, 11) is 0. The van der Waals surface area contributed by atoms with Crippen LogP contribution in [0.5, 0.6) is 0 Å². The summed E-state index contributed by atoms with van der Waals surface area (Å²) in [5.74, 6) is -1.05. The number of pyridine rings is 1. The van der Waals surface area contributed by atoms with E-state index in [-0.39, 0.29) is 5.56 Å². The number of nitrogens with one attached hydrogen (secondary N) is 1. The van der Waals surface area contributed by atoms with Crippen molar-refractivity contribution in [3.8, 4) is 0 Å². The number of nitrogens with zero attached hydrogens (tertiary/aromatic N) is 1. The molecule has 0 radical (unpaired) electrons. The fourth-order valence-electron chi connectivity index (χ4n) is 0.790. The summed E-state index contributed by atoms with van der Waals surface area (Å²) in [6.07, 6.45) is 0. The van der Waals surface area contributed by atoms with E-state index in [0.717, 1.165) is 0 Å². The van der Waals surface area contributed by atoms with E-state index >= 15 is 0 Å². The zero-order chi connectivity index (χ0) is 9.14. The number of carbonyl (C=O) groups excluding carboxylic acids is 1. The third kappa shape index (κ3) is 1.45. The van der Waals surface area contributed by atoms with Gasteiger partial charge in [-0.2, -0.15) is 0 Å². The first-order valence-corrected chi connectivity index (χ1v) is 3.23. The number of hydrogen-bond acceptors (Lipinski definition) is 3. The van der Waals surface area contributed by atoms with Gasteiger partial charge >= 0.3 is 5.91 Å². The molecule has 5 heteroatoms. The van der Waals surface area contributed by atoms with Gasteiger partial charge < -0.3 is 4.98 Å². The Hall–Kier alpha value is -1.78. The molecule has 0 aliphatic heterocycles. The lowest BCUT2D eigenvalue weighted by Gasteiger charge is -1.92. The van der Waals surface area contributed by atoms with Gasteiger partial charge in [0.15, 0.2) is 0 Å². The van der Waals surface area contributed by atoms with Crippen molar-refractivity contribution < 1.29 is 4.79 Å². The molecule has 1 N–H and O–H groups in total. The van der Waals surface area contributed by atoms with Crippen LogP contribution in [0.4, 0.5) is 0 Å². The van der Waals surface area contributed by atoms with Gasteiger partial charge in [-0.1, -0.05) is 0 Å². The lowest BCUT2D eigenvalue weighted by atomic mass is 10.2. The van der Waals surface area contributed by atoms with E-state index in [2.05, 4.69) is 10.2 Å². The highest BCUT2D eigenvalue weighted by Crippen LogP contribution is 1.95. The average molecular weight is 166 g/mol. The van der Waals surface area contributed by atoms with Crippen molar-refractivity contribution in [1.82, 2.24) is 4.98 Å². The average Bonchev–Trinajstić information content (AvgIpc) is 2.03. The maximum atomic E-state index is 11.0. The van der Waals surface area contributed by atoms with Crippen LogP contribution in [0.1, 0.15) is 16.1 Å². The van der Waals surface area contributed by atoms with Crippen molar-refractivity contribution in [2.45, 2.75) is 6.92 Å². The minimum Gasteiger partial charge on any atom is -0.326 e. The van der Waals surface area contributed by atoms with Crippen LogP contribution in [0.2, 0.25) is 0 Å². The molecule has 0 bridgehead atoms. The molecule has 62 valence electrons. The maximum Gasteiger partial charge on any atom is 0.322 e. The van der Waals surface area contributed by atoms with Crippen molar-refractivity contribution in [1.29, 1.82) is 0 Å². The summed E-state index contributed by atoms with van der Waals surface area (Å²) >= 11 is 0. The van der Waals surface area contributed by atoms with Gasteiger partial charge in [-0.05, 0) is 19.1 Å². The molecule has 0 spiro atoms. The van der Waals surface area contributed by atoms with Crippen LogP contribution in [0, 0.1) is 11.8 Å². The Balaban J connectivity index is 3.28. The maximum absolute atomic E-state index is 11.0. The summed E-state index contributed by atoms with van der Waals surface area (Å²) in [6.45, 7) is 1.67.